The highest BCUT2D eigenvalue weighted by Gasteiger charge is 2.26. The summed E-state index contributed by atoms with van der Waals surface area (Å²) in [6.45, 7) is 4.83. The van der Waals surface area contributed by atoms with Crippen LogP contribution in [-0.2, 0) is 10.0 Å². The van der Waals surface area contributed by atoms with E-state index in [0.29, 0.717) is 10.2 Å². The van der Waals surface area contributed by atoms with Gasteiger partial charge in [0, 0.05) is 17.1 Å². The molecule has 1 fully saturated rings. The van der Waals surface area contributed by atoms with Crippen molar-refractivity contribution in [1.29, 1.82) is 0 Å². The first kappa shape index (κ1) is 16.7. The predicted octanol–water partition coefficient (Wildman–Crippen LogP) is 2.22. The molecule has 0 saturated carbocycles. The van der Waals surface area contributed by atoms with Crippen LogP contribution in [0.1, 0.15) is 19.8 Å². The molecule has 1 aliphatic rings. The number of halogens is 1. The van der Waals surface area contributed by atoms with E-state index in [9.17, 15) is 8.42 Å². The van der Waals surface area contributed by atoms with Crippen molar-refractivity contribution in [2.24, 2.45) is 0 Å². The molecule has 1 aromatic rings. The number of benzene rings is 1. The van der Waals surface area contributed by atoms with Gasteiger partial charge in [0.1, 0.15) is 10.6 Å². The zero-order chi connectivity index (χ0) is 15.5. The third kappa shape index (κ3) is 4.18. The van der Waals surface area contributed by atoms with Gasteiger partial charge in [-0.2, -0.15) is 0 Å². The molecule has 1 atom stereocenters. The van der Waals surface area contributed by atoms with E-state index in [1.807, 2.05) is 0 Å². The van der Waals surface area contributed by atoms with Gasteiger partial charge in [-0.15, -0.1) is 0 Å². The Labute approximate surface area is 134 Å². The van der Waals surface area contributed by atoms with Crippen molar-refractivity contribution in [3.63, 3.8) is 0 Å². The summed E-state index contributed by atoms with van der Waals surface area (Å²) in [6.07, 6.45) is 1.88. The third-order valence-corrected chi connectivity index (χ3v) is 5.72. The second kappa shape index (κ2) is 7.09. The van der Waals surface area contributed by atoms with Crippen molar-refractivity contribution in [2.45, 2.75) is 30.7 Å². The van der Waals surface area contributed by atoms with Crippen molar-refractivity contribution in [3.8, 4) is 5.75 Å². The fourth-order valence-electron chi connectivity index (χ4n) is 2.58. The molecule has 0 aromatic heterocycles. The molecule has 0 spiro atoms. The zero-order valence-corrected chi connectivity index (χ0v) is 14.7. The van der Waals surface area contributed by atoms with Gasteiger partial charge < -0.3 is 9.64 Å². The number of rotatable bonds is 5. The molecule has 5 nitrogen and oxygen atoms in total. The zero-order valence-electron chi connectivity index (χ0n) is 12.3. The summed E-state index contributed by atoms with van der Waals surface area (Å²) in [7, 11) is -2.11. The number of methoxy groups -OCH3 is 1. The van der Waals surface area contributed by atoms with E-state index in [0.717, 1.165) is 32.5 Å². The molecular formula is C14H21BrN2O3S. The van der Waals surface area contributed by atoms with Crippen LogP contribution >= 0.6 is 15.9 Å². The molecule has 118 valence electrons. The summed E-state index contributed by atoms with van der Waals surface area (Å²) in [6, 6.07) is 4.93. The van der Waals surface area contributed by atoms with Gasteiger partial charge in [-0.3, -0.25) is 0 Å². The number of sulfonamides is 1. The Balaban J connectivity index is 2.20. The summed E-state index contributed by atoms with van der Waals surface area (Å²) in [4.78, 5) is 2.43. The van der Waals surface area contributed by atoms with E-state index in [-0.39, 0.29) is 10.9 Å². The van der Waals surface area contributed by atoms with E-state index in [2.05, 4.69) is 32.5 Å². The molecule has 21 heavy (non-hydrogen) atoms. The van der Waals surface area contributed by atoms with Crippen LogP contribution in [0.2, 0.25) is 0 Å². The quantitative estimate of drug-likeness (QED) is 0.855. The van der Waals surface area contributed by atoms with Crippen LogP contribution in [0.3, 0.4) is 0 Å². The van der Waals surface area contributed by atoms with Gasteiger partial charge in [-0.05, 0) is 44.1 Å². The van der Waals surface area contributed by atoms with E-state index < -0.39 is 10.0 Å². The van der Waals surface area contributed by atoms with Crippen molar-refractivity contribution >= 4 is 26.0 Å². The SMILES string of the molecule is CCN1CCC[C@@H](NS(=O)(=O)c2cc(Br)ccc2OC)C1. The van der Waals surface area contributed by atoms with E-state index in [1.54, 1.807) is 18.2 Å². The normalized spacial score (nSPS) is 20.4. The first-order chi connectivity index (χ1) is 9.96. The number of ether oxygens (including phenoxy) is 1. The minimum Gasteiger partial charge on any atom is -0.495 e. The molecule has 0 aliphatic carbocycles. The predicted molar refractivity (Wildman–Crippen MR) is 86.2 cm³/mol. The van der Waals surface area contributed by atoms with Gasteiger partial charge in [0.25, 0.3) is 0 Å². The molecule has 2 rings (SSSR count). The Morgan fingerprint density at radius 2 is 2.24 bits per heavy atom. The van der Waals surface area contributed by atoms with Crippen LogP contribution in [0.5, 0.6) is 5.75 Å². The monoisotopic (exact) mass is 376 g/mol. The molecular weight excluding hydrogens is 356 g/mol. The summed E-state index contributed by atoms with van der Waals surface area (Å²) >= 11 is 3.31. The number of hydrogen-bond acceptors (Lipinski definition) is 4. The molecule has 1 saturated heterocycles. The van der Waals surface area contributed by atoms with Crippen LogP contribution < -0.4 is 9.46 Å². The smallest absolute Gasteiger partial charge is 0.244 e. The molecule has 1 N–H and O–H groups in total. The number of likely N-dealkylation sites (tertiary alicyclic amines) is 1. The van der Waals surface area contributed by atoms with Crippen molar-refractivity contribution in [2.75, 3.05) is 26.7 Å². The van der Waals surface area contributed by atoms with Gasteiger partial charge in [0.05, 0.1) is 7.11 Å². The number of nitrogens with one attached hydrogen (secondary N) is 1. The molecule has 1 aromatic carbocycles. The van der Waals surface area contributed by atoms with Gasteiger partial charge >= 0.3 is 0 Å². The Kier molecular flexibility index (Phi) is 5.65. The Hall–Kier alpha value is -0.630. The van der Waals surface area contributed by atoms with Gasteiger partial charge in [-0.25, -0.2) is 13.1 Å². The Bertz CT molecular complexity index is 592. The van der Waals surface area contributed by atoms with E-state index >= 15 is 0 Å². The molecule has 7 heteroatoms. The van der Waals surface area contributed by atoms with Gasteiger partial charge in [0.2, 0.25) is 10.0 Å². The maximum atomic E-state index is 12.6. The van der Waals surface area contributed by atoms with Crippen LogP contribution in [0.4, 0.5) is 0 Å². The lowest BCUT2D eigenvalue weighted by Crippen LogP contribution is -2.47. The summed E-state index contributed by atoms with van der Waals surface area (Å²) < 4.78 is 33.9. The first-order valence-electron chi connectivity index (χ1n) is 7.04. The Morgan fingerprint density at radius 1 is 1.48 bits per heavy atom. The minimum absolute atomic E-state index is 0.0487. The lowest BCUT2D eigenvalue weighted by Gasteiger charge is -2.32. The number of hydrogen-bond donors (Lipinski definition) is 1. The average Bonchev–Trinajstić information content (AvgIpc) is 2.47. The van der Waals surface area contributed by atoms with Crippen molar-refractivity contribution in [3.05, 3.63) is 22.7 Å². The molecule has 0 bridgehead atoms. The molecule has 0 unspecified atom stereocenters. The summed E-state index contributed by atoms with van der Waals surface area (Å²) in [5.74, 6) is 0.355. The van der Waals surface area contributed by atoms with Crippen LogP contribution in [0, 0.1) is 0 Å². The molecule has 1 aliphatic heterocycles. The lowest BCUT2D eigenvalue weighted by atomic mass is 10.1. The molecule has 1 heterocycles. The third-order valence-electron chi connectivity index (χ3n) is 3.69. The number of likely N-dealkylation sites (N-methyl/N-ethyl adjacent to an activating group) is 1. The first-order valence-corrected chi connectivity index (χ1v) is 9.32. The van der Waals surface area contributed by atoms with E-state index in [1.165, 1.54) is 7.11 Å². The topological polar surface area (TPSA) is 58.6 Å². The van der Waals surface area contributed by atoms with E-state index in [4.69, 9.17) is 4.74 Å². The fraction of sp³-hybridized carbons (Fsp3) is 0.571. The fourth-order valence-corrected chi connectivity index (χ4v) is 4.55. The van der Waals surface area contributed by atoms with Gasteiger partial charge in [0.15, 0.2) is 0 Å². The van der Waals surface area contributed by atoms with Crippen LogP contribution in [0.25, 0.3) is 0 Å². The maximum absolute atomic E-state index is 12.6. The maximum Gasteiger partial charge on any atom is 0.244 e. The summed E-state index contributed by atoms with van der Waals surface area (Å²) in [5.41, 5.74) is 0. The van der Waals surface area contributed by atoms with Crippen molar-refractivity contribution < 1.29 is 13.2 Å². The minimum atomic E-state index is -3.59. The largest absolute Gasteiger partial charge is 0.495 e. The molecule has 0 amide bonds. The highest BCUT2D eigenvalue weighted by molar-refractivity contribution is 9.10. The number of piperidine rings is 1. The van der Waals surface area contributed by atoms with Crippen LogP contribution in [-0.4, -0.2) is 46.1 Å². The second-order valence-corrected chi connectivity index (χ2v) is 7.75. The lowest BCUT2D eigenvalue weighted by molar-refractivity contribution is 0.211. The van der Waals surface area contributed by atoms with Crippen LogP contribution in [0.15, 0.2) is 27.6 Å². The highest BCUT2D eigenvalue weighted by Crippen LogP contribution is 2.27. The second-order valence-electron chi connectivity index (χ2n) is 5.15. The standard InChI is InChI=1S/C14H21BrN2O3S/c1-3-17-8-4-5-12(10-17)16-21(18,19)14-9-11(15)6-7-13(14)20-2/h6-7,9,12,16H,3-5,8,10H2,1-2H3/t12-/m1/s1. The highest BCUT2D eigenvalue weighted by atomic mass is 79.9. The number of nitrogens with zero attached hydrogens (tertiary/aromatic N) is 1. The average molecular weight is 377 g/mol. The summed E-state index contributed by atoms with van der Waals surface area (Å²) in [5, 5.41) is 0. The van der Waals surface area contributed by atoms with Gasteiger partial charge in [-0.1, -0.05) is 22.9 Å². The van der Waals surface area contributed by atoms with Crippen molar-refractivity contribution in [1.82, 2.24) is 9.62 Å². The molecule has 0 radical (unpaired) electrons. The Morgan fingerprint density at radius 3 is 2.90 bits per heavy atom.